The van der Waals surface area contributed by atoms with Gasteiger partial charge in [-0.3, -0.25) is 4.98 Å². The molecule has 0 saturated heterocycles. The third-order valence-electron chi connectivity index (χ3n) is 5.40. The molecule has 3 aromatic heterocycles. The number of nitrogens with zero attached hydrogens (tertiary/aromatic N) is 7. The Bertz CT molecular complexity index is 1200. The van der Waals surface area contributed by atoms with Crippen LogP contribution in [-0.2, 0) is 0 Å². The minimum absolute atomic E-state index is 0.599. The number of aryl methyl sites for hydroxylation is 2. The molecule has 0 amide bonds. The number of hydrogen-bond donors (Lipinski definition) is 0. The van der Waals surface area contributed by atoms with Gasteiger partial charge in [-0.2, -0.15) is 9.61 Å². The molecular weight excluding hydrogens is 422 g/mol. The third kappa shape index (κ3) is 5.95. The summed E-state index contributed by atoms with van der Waals surface area (Å²) < 4.78 is 1.75. The molecule has 0 atom stereocenters. The van der Waals surface area contributed by atoms with Crippen molar-refractivity contribution in [3.8, 4) is 11.5 Å². The molecule has 1 aromatic carbocycles. The van der Waals surface area contributed by atoms with Gasteiger partial charge >= 0.3 is 0 Å². The summed E-state index contributed by atoms with van der Waals surface area (Å²) in [5.74, 6) is 0.599. The first-order valence-corrected chi connectivity index (χ1v) is 12.5. The zero-order chi connectivity index (χ0) is 25.1. The van der Waals surface area contributed by atoms with Crippen LogP contribution in [0.4, 0.5) is 5.69 Å². The predicted octanol–water partition coefficient (Wildman–Crippen LogP) is 5.42. The first-order valence-electron chi connectivity index (χ1n) is 12.5. The molecule has 7 nitrogen and oxygen atoms in total. The Balaban J connectivity index is 0.000000970. The molecule has 0 aliphatic heterocycles. The number of benzene rings is 1. The fourth-order valence-corrected chi connectivity index (χ4v) is 3.64. The fraction of sp³-hybridized carbons (Fsp3) is 0.444. The molecule has 0 N–H and O–H groups in total. The Hall–Kier alpha value is -3.35. The summed E-state index contributed by atoms with van der Waals surface area (Å²) in [7, 11) is 0. The van der Waals surface area contributed by atoms with E-state index in [2.05, 4.69) is 75.2 Å². The Morgan fingerprint density at radius 3 is 2.38 bits per heavy atom. The van der Waals surface area contributed by atoms with E-state index in [9.17, 15) is 0 Å². The molecule has 0 aliphatic carbocycles. The fourth-order valence-electron chi connectivity index (χ4n) is 3.64. The van der Waals surface area contributed by atoms with Gasteiger partial charge in [-0.1, -0.05) is 47.1 Å². The molecule has 34 heavy (non-hydrogen) atoms. The maximum Gasteiger partial charge on any atom is 0.205 e. The molecule has 0 spiro atoms. The molecule has 0 bridgehead atoms. The lowest BCUT2D eigenvalue weighted by atomic mass is 10.1. The SMILES string of the molecule is CC.CC.CCCCN(CC)c1ccc(/C=c2/c(C)nn3c(-c4cnccn4)nnc23)c(C)c1. The zero-order valence-electron chi connectivity index (χ0n) is 22.0. The molecule has 0 fully saturated rings. The van der Waals surface area contributed by atoms with E-state index in [1.807, 2.05) is 34.6 Å². The Kier molecular flexibility index (Phi) is 10.6. The second kappa shape index (κ2) is 13.4. The summed E-state index contributed by atoms with van der Waals surface area (Å²) in [5, 5.41) is 14.3. The normalized spacial score (nSPS) is 11.0. The van der Waals surface area contributed by atoms with Gasteiger partial charge in [0.2, 0.25) is 5.82 Å². The van der Waals surface area contributed by atoms with Crippen LogP contribution >= 0.6 is 0 Å². The summed E-state index contributed by atoms with van der Waals surface area (Å²) >= 11 is 0. The Labute approximate surface area is 204 Å². The summed E-state index contributed by atoms with van der Waals surface area (Å²) in [6.45, 7) is 18.7. The highest BCUT2D eigenvalue weighted by Gasteiger charge is 2.15. The van der Waals surface area contributed by atoms with Crippen LogP contribution in [0.15, 0.2) is 36.8 Å². The number of aromatic nitrogens is 6. The molecule has 4 aromatic rings. The molecule has 182 valence electrons. The standard InChI is InChI=1S/C23H27N7.2C2H6/c1-5-7-12-29(6-2)19-9-8-18(16(3)13-19)14-20-17(4)28-30-22(20)26-27-23(30)21-15-24-10-11-25-21;2*1-2/h8-11,13-15H,5-7,12H2,1-4H3;2*1-2H3/b20-14-;;. The monoisotopic (exact) mass is 461 g/mol. The first-order chi connectivity index (χ1) is 16.6. The second-order valence-corrected chi connectivity index (χ2v) is 7.47. The van der Waals surface area contributed by atoms with E-state index in [-0.39, 0.29) is 0 Å². The van der Waals surface area contributed by atoms with Gasteiger partial charge in [-0.05, 0) is 56.5 Å². The van der Waals surface area contributed by atoms with Crippen molar-refractivity contribution >= 4 is 17.4 Å². The van der Waals surface area contributed by atoms with Gasteiger partial charge in [-0.15, -0.1) is 10.2 Å². The van der Waals surface area contributed by atoms with Crippen molar-refractivity contribution in [3.63, 3.8) is 0 Å². The summed E-state index contributed by atoms with van der Waals surface area (Å²) in [4.78, 5) is 10.9. The number of hydrogen-bond acceptors (Lipinski definition) is 6. The van der Waals surface area contributed by atoms with Crippen molar-refractivity contribution in [1.82, 2.24) is 29.8 Å². The van der Waals surface area contributed by atoms with Crippen LogP contribution in [0.25, 0.3) is 23.2 Å². The van der Waals surface area contributed by atoms with Crippen LogP contribution in [0.3, 0.4) is 0 Å². The van der Waals surface area contributed by atoms with E-state index in [1.165, 1.54) is 24.1 Å². The predicted molar refractivity (Wildman–Crippen MR) is 142 cm³/mol. The highest BCUT2D eigenvalue weighted by atomic mass is 15.4. The van der Waals surface area contributed by atoms with Gasteiger partial charge in [0.25, 0.3) is 0 Å². The van der Waals surface area contributed by atoms with Crippen molar-refractivity contribution < 1.29 is 0 Å². The average molecular weight is 462 g/mol. The van der Waals surface area contributed by atoms with Gasteiger partial charge in [0.1, 0.15) is 5.69 Å². The molecule has 4 rings (SSSR count). The van der Waals surface area contributed by atoms with Crippen LogP contribution in [-0.4, -0.2) is 42.9 Å². The van der Waals surface area contributed by atoms with Gasteiger partial charge in [0.15, 0.2) is 5.65 Å². The smallest absolute Gasteiger partial charge is 0.205 e. The van der Waals surface area contributed by atoms with Crippen LogP contribution < -0.4 is 10.1 Å². The second-order valence-electron chi connectivity index (χ2n) is 7.47. The summed E-state index contributed by atoms with van der Waals surface area (Å²) in [5.41, 5.74) is 5.96. The lowest BCUT2D eigenvalue weighted by Gasteiger charge is -2.23. The summed E-state index contributed by atoms with van der Waals surface area (Å²) in [6, 6.07) is 6.65. The summed E-state index contributed by atoms with van der Waals surface area (Å²) in [6.07, 6.45) is 9.51. The van der Waals surface area contributed by atoms with E-state index in [0.717, 1.165) is 35.2 Å². The van der Waals surface area contributed by atoms with Gasteiger partial charge in [-0.25, -0.2) is 4.98 Å². The molecule has 0 aliphatic rings. The number of anilines is 1. The lowest BCUT2D eigenvalue weighted by molar-refractivity contribution is 0.732. The topological polar surface area (TPSA) is 72.1 Å². The molecule has 0 unspecified atom stereocenters. The quantitative estimate of drug-likeness (QED) is 0.366. The molecule has 0 radical (unpaired) electrons. The van der Waals surface area contributed by atoms with Crippen molar-refractivity contribution in [2.24, 2.45) is 0 Å². The lowest BCUT2D eigenvalue weighted by Crippen LogP contribution is -2.23. The van der Waals surface area contributed by atoms with E-state index >= 15 is 0 Å². The largest absolute Gasteiger partial charge is 0.372 e. The number of rotatable bonds is 7. The van der Waals surface area contributed by atoms with Crippen molar-refractivity contribution in [2.45, 2.75) is 68.2 Å². The van der Waals surface area contributed by atoms with Gasteiger partial charge < -0.3 is 4.90 Å². The Morgan fingerprint density at radius 2 is 1.76 bits per heavy atom. The average Bonchev–Trinajstić information content (AvgIpc) is 3.43. The number of fused-ring (bicyclic) bond motifs is 1. The molecule has 0 saturated carbocycles. The molecular formula is C27H39N7. The molecule has 7 heteroatoms. The van der Waals surface area contributed by atoms with E-state index < -0.39 is 0 Å². The maximum absolute atomic E-state index is 4.65. The van der Waals surface area contributed by atoms with Gasteiger partial charge in [0.05, 0.1) is 11.9 Å². The highest BCUT2D eigenvalue weighted by Crippen LogP contribution is 2.21. The van der Waals surface area contributed by atoms with Crippen LogP contribution in [0, 0.1) is 13.8 Å². The minimum Gasteiger partial charge on any atom is -0.372 e. The maximum atomic E-state index is 4.65. The number of unbranched alkanes of at least 4 members (excludes halogenated alkanes) is 1. The van der Waals surface area contributed by atoms with Gasteiger partial charge in [0, 0.05) is 36.4 Å². The molecule has 3 heterocycles. The third-order valence-corrected chi connectivity index (χ3v) is 5.40. The Morgan fingerprint density at radius 1 is 1.00 bits per heavy atom. The van der Waals surface area contributed by atoms with Crippen molar-refractivity contribution in [3.05, 3.63) is 58.8 Å². The first kappa shape index (κ1) is 26.9. The van der Waals surface area contributed by atoms with Crippen LogP contribution in [0.1, 0.15) is 71.2 Å². The highest BCUT2D eigenvalue weighted by molar-refractivity contribution is 5.65. The van der Waals surface area contributed by atoms with Crippen molar-refractivity contribution in [2.75, 3.05) is 18.0 Å². The van der Waals surface area contributed by atoms with Crippen LogP contribution in [0.5, 0.6) is 0 Å². The zero-order valence-corrected chi connectivity index (χ0v) is 22.0. The van der Waals surface area contributed by atoms with Crippen LogP contribution in [0.2, 0.25) is 0 Å². The van der Waals surface area contributed by atoms with Crippen molar-refractivity contribution in [1.29, 1.82) is 0 Å². The van der Waals surface area contributed by atoms with E-state index in [0.29, 0.717) is 11.5 Å². The minimum atomic E-state index is 0.599. The van der Waals surface area contributed by atoms with E-state index in [1.54, 1.807) is 23.1 Å². The van der Waals surface area contributed by atoms with E-state index in [4.69, 9.17) is 0 Å².